The lowest BCUT2D eigenvalue weighted by atomic mass is 10.0. The van der Waals surface area contributed by atoms with Crippen molar-refractivity contribution in [3.63, 3.8) is 0 Å². The Labute approximate surface area is 114 Å². The molecule has 1 heterocycles. The molecule has 1 aliphatic rings. The van der Waals surface area contributed by atoms with Gasteiger partial charge in [0.15, 0.2) is 0 Å². The number of nitrogens with one attached hydrogen (secondary N) is 1. The fraction of sp³-hybridized carbons (Fsp3) is 0.538. The van der Waals surface area contributed by atoms with Gasteiger partial charge in [-0.05, 0) is 51.4 Å². The van der Waals surface area contributed by atoms with Crippen LogP contribution in [0, 0.1) is 0 Å². The molecule has 1 aromatic rings. The van der Waals surface area contributed by atoms with Gasteiger partial charge in [0.2, 0.25) is 10.0 Å². The highest BCUT2D eigenvalue weighted by Gasteiger charge is 2.25. The summed E-state index contributed by atoms with van der Waals surface area (Å²) in [6.07, 6.45) is 3.37. The van der Waals surface area contributed by atoms with Crippen molar-refractivity contribution in [2.75, 3.05) is 24.2 Å². The molecule has 19 heavy (non-hydrogen) atoms. The van der Waals surface area contributed by atoms with Crippen LogP contribution in [0.2, 0.25) is 0 Å². The minimum atomic E-state index is -3.50. The van der Waals surface area contributed by atoms with Crippen LogP contribution in [0.1, 0.15) is 26.2 Å². The fourth-order valence-electron chi connectivity index (χ4n) is 2.55. The Morgan fingerprint density at radius 2 is 2.11 bits per heavy atom. The largest absolute Gasteiger partial charge is 0.399 e. The Hall–Kier alpha value is -1.27. The van der Waals surface area contributed by atoms with Crippen molar-refractivity contribution < 1.29 is 8.42 Å². The Morgan fingerprint density at radius 1 is 1.37 bits per heavy atom. The average Bonchev–Trinajstić information content (AvgIpc) is 2.39. The SMILES string of the molecule is CNS(=O)(=O)c1cc(N)ccc1N1CCCCC1C. The molecule has 1 fully saturated rings. The van der Waals surface area contributed by atoms with E-state index in [9.17, 15) is 8.42 Å². The molecule has 0 aliphatic carbocycles. The van der Waals surface area contributed by atoms with Crippen LogP contribution in [0.15, 0.2) is 23.1 Å². The van der Waals surface area contributed by atoms with Crippen LogP contribution in [0.25, 0.3) is 0 Å². The zero-order valence-electron chi connectivity index (χ0n) is 11.4. The van der Waals surface area contributed by atoms with Gasteiger partial charge in [-0.2, -0.15) is 0 Å². The van der Waals surface area contributed by atoms with Gasteiger partial charge in [0.25, 0.3) is 0 Å². The first-order valence-corrected chi connectivity index (χ1v) is 8.04. The molecule has 1 aliphatic heterocycles. The van der Waals surface area contributed by atoms with Crippen LogP contribution >= 0.6 is 0 Å². The molecule has 6 heteroatoms. The van der Waals surface area contributed by atoms with Gasteiger partial charge in [-0.25, -0.2) is 13.1 Å². The highest BCUT2D eigenvalue weighted by molar-refractivity contribution is 7.89. The Morgan fingerprint density at radius 3 is 2.74 bits per heavy atom. The van der Waals surface area contributed by atoms with E-state index in [2.05, 4.69) is 16.5 Å². The number of nitrogens with zero attached hydrogens (tertiary/aromatic N) is 1. The van der Waals surface area contributed by atoms with Crippen molar-refractivity contribution in [2.24, 2.45) is 0 Å². The molecule has 2 rings (SSSR count). The number of anilines is 2. The summed E-state index contributed by atoms with van der Waals surface area (Å²) in [7, 11) is -2.08. The van der Waals surface area contributed by atoms with Crippen LogP contribution in [0.5, 0.6) is 0 Å². The van der Waals surface area contributed by atoms with Crippen LogP contribution in [0.4, 0.5) is 11.4 Å². The predicted octanol–water partition coefficient (Wildman–Crippen LogP) is 1.56. The number of rotatable bonds is 3. The van der Waals surface area contributed by atoms with E-state index < -0.39 is 10.0 Å². The monoisotopic (exact) mass is 283 g/mol. The van der Waals surface area contributed by atoms with Gasteiger partial charge in [-0.3, -0.25) is 0 Å². The van der Waals surface area contributed by atoms with E-state index in [1.807, 2.05) is 0 Å². The number of nitrogens with two attached hydrogens (primary N) is 1. The molecule has 1 atom stereocenters. The van der Waals surface area contributed by atoms with Crippen LogP contribution in [-0.2, 0) is 10.0 Å². The van der Waals surface area contributed by atoms with Crippen molar-refractivity contribution in [1.29, 1.82) is 0 Å². The zero-order valence-corrected chi connectivity index (χ0v) is 12.2. The molecule has 1 saturated heterocycles. The van der Waals surface area contributed by atoms with E-state index in [1.54, 1.807) is 12.1 Å². The molecule has 1 aromatic carbocycles. The molecule has 0 saturated carbocycles. The van der Waals surface area contributed by atoms with Gasteiger partial charge in [0.05, 0.1) is 5.69 Å². The smallest absolute Gasteiger partial charge is 0.242 e. The van der Waals surface area contributed by atoms with Crippen molar-refractivity contribution in [3.8, 4) is 0 Å². The highest BCUT2D eigenvalue weighted by Crippen LogP contribution is 2.31. The van der Waals surface area contributed by atoms with E-state index in [-0.39, 0.29) is 4.90 Å². The first-order chi connectivity index (χ1) is 8.95. The first kappa shape index (κ1) is 14.1. The second-order valence-corrected chi connectivity index (χ2v) is 6.83. The Bertz CT molecular complexity index is 557. The summed E-state index contributed by atoms with van der Waals surface area (Å²) in [5.74, 6) is 0. The number of hydrogen-bond donors (Lipinski definition) is 2. The maximum atomic E-state index is 12.1. The minimum absolute atomic E-state index is 0.267. The maximum absolute atomic E-state index is 12.1. The van der Waals surface area contributed by atoms with Gasteiger partial charge >= 0.3 is 0 Å². The van der Waals surface area contributed by atoms with Crippen molar-refractivity contribution in [2.45, 2.75) is 37.1 Å². The summed E-state index contributed by atoms with van der Waals surface area (Å²) >= 11 is 0. The molecule has 0 amide bonds. The molecule has 0 aromatic heterocycles. The summed E-state index contributed by atoms with van der Waals surface area (Å²) in [6, 6.07) is 5.44. The third-order valence-electron chi connectivity index (χ3n) is 3.65. The molecule has 5 nitrogen and oxygen atoms in total. The normalized spacial score (nSPS) is 20.5. The van der Waals surface area contributed by atoms with Crippen LogP contribution < -0.4 is 15.4 Å². The minimum Gasteiger partial charge on any atom is -0.399 e. The van der Waals surface area contributed by atoms with Crippen molar-refractivity contribution >= 4 is 21.4 Å². The summed E-state index contributed by atoms with van der Waals surface area (Å²) in [5, 5.41) is 0. The number of nitrogen functional groups attached to an aromatic ring is 1. The van der Waals surface area contributed by atoms with E-state index in [4.69, 9.17) is 5.73 Å². The Balaban J connectivity index is 2.51. The second-order valence-electron chi connectivity index (χ2n) is 4.97. The van der Waals surface area contributed by atoms with Crippen molar-refractivity contribution in [3.05, 3.63) is 18.2 Å². The quantitative estimate of drug-likeness (QED) is 0.825. The predicted molar refractivity (Wildman–Crippen MR) is 77.8 cm³/mol. The third-order valence-corrected chi connectivity index (χ3v) is 5.10. The third kappa shape index (κ3) is 2.84. The molecule has 106 valence electrons. The number of sulfonamides is 1. The van der Waals surface area contributed by atoms with Gasteiger partial charge in [0.1, 0.15) is 4.90 Å². The van der Waals surface area contributed by atoms with Crippen LogP contribution in [-0.4, -0.2) is 28.1 Å². The van der Waals surface area contributed by atoms with Gasteiger partial charge in [-0.1, -0.05) is 0 Å². The molecule has 1 unspecified atom stereocenters. The van der Waals surface area contributed by atoms with Gasteiger partial charge in [-0.15, -0.1) is 0 Å². The first-order valence-electron chi connectivity index (χ1n) is 6.55. The van der Waals surface area contributed by atoms with Crippen LogP contribution in [0.3, 0.4) is 0 Å². The lowest BCUT2D eigenvalue weighted by Crippen LogP contribution is -2.38. The topological polar surface area (TPSA) is 75.4 Å². The number of benzene rings is 1. The number of piperidine rings is 1. The molecule has 3 N–H and O–H groups in total. The lowest BCUT2D eigenvalue weighted by molar-refractivity contribution is 0.482. The molecule has 0 bridgehead atoms. The fourth-order valence-corrected chi connectivity index (χ4v) is 3.52. The van der Waals surface area contributed by atoms with Crippen molar-refractivity contribution in [1.82, 2.24) is 4.72 Å². The maximum Gasteiger partial charge on any atom is 0.242 e. The standard InChI is InChI=1S/C13H21N3O2S/c1-10-5-3-4-8-16(10)12-7-6-11(14)9-13(12)19(17,18)15-2/h6-7,9-10,15H,3-5,8,14H2,1-2H3. The zero-order chi connectivity index (χ0) is 14.0. The second kappa shape index (κ2) is 5.38. The summed E-state index contributed by atoms with van der Waals surface area (Å²) < 4.78 is 26.6. The van der Waals surface area contributed by atoms with Gasteiger partial charge < -0.3 is 10.6 Å². The van der Waals surface area contributed by atoms with Gasteiger partial charge in [0, 0.05) is 18.3 Å². The van der Waals surface area contributed by atoms with E-state index in [1.165, 1.54) is 19.5 Å². The highest BCUT2D eigenvalue weighted by atomic mass is 32.2. The van der Waals surface area contributed by atoms with E-state index in [0.29, 0.717) is 11.7 Å². The molecular weight excluding hydrogens is 262 g/mol. The molecule has 0 spiro atoms. The average molecular weight is 283 g/mol. The van der Waals surface area contributed by atoms with E-state index in [0.717, 1.165) is 25.1 Å². The molecule has 0 radical (unpaired) electrons. The summed E-state index contributed by atoms with van der Waals surface area (Å²) in [6.45, 7) is 3.02. The van der Waals surface area contributed by atoms with E-state index >= 15 is 0 Å². The summed E-state index contributed by atoms with van der Waals surface area (Å²) in [4.78, 5) is 2.43. The number of hydrogen-bond acceptors (Lipinski definition) is 4. The Kier molecular flexibility index (Phi) is 4.01. The lowest BCUT2D eigenvalue weighted by Gasteiger charge is -2.36. The molecular formula is C13H21N3O2S. The summed E-state index contributed by atoms with van der Waals surface area (Å²) in [5.41, 5.74) is 6.94.